The molecule has 26 heavy (non-hydrogen) atoms. The molecule has 3 heterocycles. The first-order chi connectivity index (χ1) is 12.5. The van der Waals surface area contributed by atoms with Crippen LogP contribution in [0, 0.1) is 18.6 Å². The minimum absolute atomic E-state index is 0.0882. The number of carbonyl (C=O) groups is 1. The lowest BCUT2D eigenvalue weighted by Gasteiger charge is -2.08. The van der Waals surface area contributed by atoms with E-state index in [9.17, 15) is 13.6 Å². The molecule has 1 aromatic carbocycles. The van der Waals surface area contributed by atoms with Crippen molar-refractivity contribution in [1.82, 2.24) is 20.2 Å². The summed E-state index contributed by atoms with van der Waals surface area (Å²) in [5, 5.41) is 6.91. The van der Waals surface area contributed by atoms with Crippen LogP contribution >= 0.6 is 0 Å². The minimum Gasteiger partial charge on any atom is -0.279 e. The third-order valence-electron chi connectivity index (χ3n) is 3.82. The molecule has 0 spiro atoms. The second-order valence-electron chi connectivity index (χ2n) is 5.79. The van der Waals surface area contributed by atoms with Gasteiger partial charge in [-0.3, -0.25) is 19.8 Å². The van der Waals surface area contributed by atoms with Crippen molar-refractivity contribution >= 4 is 11.9 Å². The number of aryl methyl sites for hydroxylation is 1. The summed E-state index contributed by atoms with van der Waals surface area (Å²) in [6, 6.07) is 7.49. The van der Waals surface area contributed by atoms with Crippen molar-refractivity contribution in [1.29, 1.82) is 0 Å². The van der Waals surface area contributed by atoms with E-state index in [4.69, 9.17) is 0 Å². The van der Waals surface area contributed by atoms with Crippen LogP contribution in [0.5, 0.6) is 0 Å². The predicted molar refractivity (Wildman–Crippen MR) is 92.3 cm³/mol. The third kappa shape index (κ3) is 4.08. The molecule has 1 aliphatic rings. The van der Waals surface area contributed by atoms with Gasteiger partial charge in [0.05, 0.1) is 0 Å². The number of nitrogens with one attached hydrogen (secondary N) is 1. The molecule has 0 saturated carbocycles. The quantitative estimate of drug-likeness (QED) is 0.764. The van der Waals surface area contributed by atoms with Crippen LogP contribution in [0.25, 0.3) is 11.4 Å². The average molecular weight is 357 g/mol. The second kappa shape index (κ2) is 7.81. The van der Waals surface area contributed by atoms with E-state index >= 15 is 0 Å². The van der Waals surface area contributed by atoms with Gasteiger partial charge in [0.15, 0.2) is 17.5 Å². The highest BCUT2D eigenvalue weighted by molar-refractivity contribution is 5.93. The molecule has 0 radical (unpaired) electrons. The molecule has 134 valence electrons. The van der Waals surface area contributed by atoms with Crippen molar-refractivity contribution in [2.75, 3.05) is 11.4 Å². The number of hydrogen-bond acceptors (Lipinski definition) is 4. The lowest BCUT2D eigenvalue weighted by Crippen LogP contribution is -2.24. The van der Waals surface area contributed by atoms with Crippen molar-refractivity contribution in [3.8, 4) is 11.4 Å². The van der Waals surface area contributed by atoms with Gasteiger partial charge in [0.2, 0.25) is 5.91 Å². The lowest BCUT2D eigenvalue weighted by molar-refractivity contribution is -0.117. The molecule has 1 N–H and O–H groups in total. The molecule has 3 aromatic rings. The van der Waals surface area contributed by atoms with Gasteiger partial charge in [0.1, 0.15) is 0 Å². The standard InChI is InChI=1S/C11H11N5O.C7H6F2/c17-9-2-1-7-16(9)11-13-10(14-15-11)8-3-5-12-6-4-8;1-5-2-3-6(8)7(9)4-5/h3-6H,1-2,7H2,(H,13,14,15);2-4H,1H3. The number of H-pyrrole nitrogens is 1. The van der Waals surface area contributed by atoms with E-state index < -0.39 is 11.6 Å². The maximum Gasteiger partial charge on any atom is 0.251 e. The maximum atomic E-state index is 12.2. The molecular weight excluding hydrogens is 340 g/mol. The third-order valence-corrected chi connectivity index (χ3v) is 3.82. The monoisotopic (exact) mass is 357 g/mol. The van der Waals surface area contributed by atoms with Crippen LogP contribution in [-0.4, -0.2) is 32.6 Å². The number of benzene rings is 1. The fourth-order valence-electron chi connectivity index (χ4n) is 2.47. The number of hydrogen-bond donors (Lipinski definition) is 1. The first-order valence-electron chi connectivity index (χ1n) is 8.09. The second-order valence-corrected chi connectivity index (χ2v) is 5.79. The minimum atomic E-state index is -0.791. The van der Waals surface area contributed by atoms with Gasteiger partial charge in [-0.2, -0.15) is 4.98 Å². The van der Waals surface area contributed by atoms with Crippen LogP contribution < -0.4 is 4.90 Å². The van der Waals surface area contributed by atoms with Crippen LogP contribution in [0.1, 0.15) is 18.4 Å². The van der Waals surface area contributed by atoms with Crippen molar-refractivity contribution in [3.05, 3.63) is 59.9 Å². The Balaban J connectivity index is 0.000000185. The predicted octanol–water partition coefficient (Wildman–Crippen LogP) is 3.27. The molecule has 2 aromatic heterocycles. The zero-order valence-corrected chi connectivity index (χ0v) is 14.1. The van der Waals surface area contributed by atoms with Crippen molar-refractivity contribution < 1.29 is 13.6 Å². The van der Waals surface area contributed by atoms with Crippen LogP contribution in [0.3, 0.4) is 0 Å². The topological polar surface area (TPSA) is 74.8 Å². The summed E-state index contributed by atoms with van der Waals surface area (Å²) in [6.07, 6.45) is 4.84. The Morgan fingerprint density at radius 1 is 1.12 bits per heavy atom. The smallest absolute Gasteiger partial charge is 0.251 e. The summed E-state index contributed by atoms with van der Waals surface area (Å²) in [6.45, 7) is 2.41. The van der Waals surface area contributed by atoms with Gasteiger partial charge in [-0.1, -0.05) is 6.07 Å². The van der Waals surface area contributed by atoms with E-state index in [1.807, 2.05) is 12.1 Å². The highest BCUT2D eigenvalue weighted by atomic mass is 19.2. The van der Waals surface area contributed by atoms with E-state index in [0.717, 1.165) is 29.7 Å². The van der Waals surface area contributed by atoms with Gasteiger partial charge in [0.25, 0.3) is 5.95 Å². The molecule has 6 nitrogen and oxygen atoms in total. The molecule has 4 rings (SSSR count). The fraction of sp³-hybridized carbons (Fsp3) is 0.222. The Hall–Kier alpha value is -3.16. The SMILES string of the molecule is Cc1ccc(F)c(F)c1.O=C1CCCN1c1n[nH]c(-c2ccncc2)n1. The van der Waals surface area contributed by atoms with E-state index in [1.165, 1.54) is 6.07 Å². The molecular formula is C18H17F2N5O. The molecule has 1 fully saturated rings. The number of amides is 1. The molecule has 8 heteroatoms. The number of halogens is 2. The number of carbonyl (C=O) groups excluding carboxylic acids is 1. The highest BCUT2D eigenvalue weighted by Gasteiger charge is 2.25. The van der Waals surface area contributed by atoms with Crippen molar-refractivity contribution in [2.45, 2.75) is 19.8 Å². The Bertz CT molecular complexity index is 898. The van der Waals surface area contributed by atoms with Gasteiger partial charge >= 0.3 is 0 Å². The summed E-state index contributed by atoms with van der Waals surface area (Å²) in [7, 11) is 0. The molecule has 0 unspecified atom stereocenters. The lowest BCUT2D eigenvalue weighted by atomic mass is 10.2. The van der Waals surface area contributed by atoms with Gasteiger partial charge in [0, 0.05) is 30.9 Å². The maximum absolute atomic E-state index is 12.2. The summed E-state index contributed by atoms with van der Waals surface area (Å²) >= 11 is 0. The Morgan fingerprint density at radius 2 is 1.88 bits per heavy atom. The molecule has 1 amide bonds. The number of anilines is 1. The number of aromatic amines is 1. The Morgan fingerprint density at radius 3 is 2.50 bits per heavy atom. The summed E-state index contributed by atoms with van der Waals surface area (Å²) in [4.78, 5) is 21.4. The zero-order valence-electron chi connectivity index (χ0n) is 14.1. The first kappa shape index (κ1) is 17.7. The average Bonchev–Trinajstić information content (AvgIpc) is 3.28. The van der Waals surface area contributed by atoms with E-state index in [1.54, 1.807) is 24.2 Å². The van der Waals surface area contributed by atoms with Crippen molar-refractivity contribution in [3.63, 3.8) is 0 Å². The molecule has 0 bridgehead atoms. The first-order valence-corrected chi connectivity index (χ1v) is 8.09. The van der Waals surface area contributed by atoms with E-state index in [-0.39, 0.29) is 5.91 Å². The summed E-state index contributed by atoms with van der Waals surface area (Å²) in [5.41, 5.74) is 1.64. The van der Waals surface area contributed by atoms with Crippen LogP contribution in [-0.2, 0) is 4.79 Å². The van der Waals surface area contributed by atoms with E-state index in [2.05, 4.69) is 20.2 Å². The van der Waals surface area contributed by atoms with E-state index in [0.29, 0.717) is 24.7 Å². The number of pyridine rings is 1. The Labute approximate surface area is 148 Å². The van der Waals surface area contributed by atoms with Gasteiger partial charge in [-0.25, -0.2) is 8.78 Å². The molecule has 1 aliphatic heterocycles. The van der Waals surface area contributed by atoms with Gasteiger partial charge in [-0.05, 0) is 43.2 Å². The zero-order chi connectivity index (χ0) is 18.5. The molecule has 1 saturated heterocycles. The van der Waals surface area contributed by atoms with Crippen LogP contribution in [0.2, 0.25) is 0 Å². The highest BCUT2D eigenvalue weighted by Crippen LogP contribution is 2.20. The molecule has 0 aliphatic carbocycles. The summed E-state index contributed by atoms with van der Waals surface area (Å²) in [5.74, 6) is -0.373. The normalized spacial score (nSPS) is 13.5. The molecule has 0 atom stereocenters. The van der Waals surface area contributed by atoms with Gasteiger partial charge < -0.3 is 0 Å². The number of aromatic nitrogens is 4. The van der Waals surface area contributed by atoms with Gasteiger partial charge in [-0.15, -0.1) is 5.10 Å². The number of rotatable bonds is 2. The van der Waals surface area contributed by atoms with Crippen molar-refractivity contribution in [2.24, 2.45) is 0 Å². The summed E-state index contributed by atoms with van der Waals surface area (Å²) < 4.78 is 24.3. The Kier molecular flexibility index (Phi) is 5.31. The largest absolute Gasteiger partial charge is 0.279 e. The van der Waals surface area contributed by atoms with Crippen LogP contribution in [0.4, 0.5) is 14.7 Å². The van der Waals surface area contributed by atoms with Crippen LogP contribution in [0.15, 0.2) is 42.7 Å². The number of nitrogens with zero attached hydrogens (tertiary/aromatic N) is 4. The fourth-order valence-corrected chi connectivity index (χ4v) is 2.47.